The number of benzene rings is 1. The first kappa shape index (κ1) is 13.5. The average Bonchev–Trinajstić information content (AvgIpc) is 2.45. The summed E-state index contributed by atoms with van der Waals surface area (Å²) >= 11 is 0. The lowest BCUT2D eigenvalue weighted by Crippen LogP contribution is -2.03. The van der Waals surface area contributed by atoms with Crippen molar-refractivity contribution in [3.63, 3.8) is 0 Å². The zero-order valence-electron chi connectivity index (χ0n) is 11.9. The molecule has 0 fully saturated rings. The Morgan fingerprint density at radius 1 is 1.16 bits per heavy atom. The molecular weight excluding hydrogens is 234 g/mol. The maximum absolute atomic E-state index is 4.37. The van der Waals surface area contributed by atoms with Crippen LogP contribution in [0, 0.1) is 6.92 Å². The van der Waals surface area contributed by atoms with Crippen LogP contribution in [0.3, 0.4) is 0 Å². The van der Waals surface area contributed by atoms with Gasteiger partial charge in [0.15, 0.2) is 0 Å². The van der Waals surface area contributed by atoms with Crippen molar-refractivity contribution in [2.45, 2.75) is 39.7 Å². The van der Waals surface area contributed by atoms with Crippen LogP contribution in [0.4, 0.5) is 5.69 Å². The van der Waals surface area contributed by atoms with E-state index >= 15 is 0 Å². The first-order valence-electron chi connectivity index (χ1n) is 6.81. The van der Waals surface area contributed by atoms with E-state index in [-0.39, 0.29) is 0 Å². The van der Waals surface area contributed by atoms with Crippen molar-refractivity contribution < 1.29 is 0 Å². The maximum Gasteiger partial charge on any atom is 0.125 e. The Hall–Kier alpha value is -1.90. The van der Waals surface area contributed by atoms with Gasteiger partial charge in [0.2, 0.25) is 0 Å². The fraction of sp³-hybridized carbons (Fsp3) is 0.375. The van der Waals surface area contributed by atoms with Gasteiger partial charge in [0.1, 0.15) is 5.82 Å². The molecule has 0 radical (unpaired) electrons. The number of aromatic nitrogens is 2. The molecule has 3 nitrogen and oxygen atoms in total. The van der Waals surface area contributed by atoms with Gasteiger partial charge in [0.25, 0.3) is 0 Å². The summed E-state index contributed by atoms with van der Waals surface area (Å²) in [5.74, 6) is 1.44. The van der Waals surface area contributed by atoms with Crippen LogP contribution in [0.2, 0.25) is 0 Å². The van der Waals surface area contributed by atoms with Gasteiger partial charge in [-0.25, -0.2) is 9.97 Å². The Morgan fingerprint density at radius 2 is 1.89 bits per heavy atom. The van der Waals surface area contributed by atoms with Gasteiger partial charge < -0.3 is 5.32 Å². The molecule has 0 aliphatic rings. The van der Waals surface area contributed by atoms with Crippen LogP contribution in [-0.2, 0) is 6.54 Å². The van der Waals surface area contributed by atoms with Crippen LogP contribution in [0.1, 0.15) is 43.3 Å². The molecule has 1 aromatic heterocycles. The summed E-state index contributed by atoms with van der Waals surface area (Å²) in [5.41, 5.74) is 3.53. The van der Waals surface area contributed by atoms with Gasteiger partial charge in [-0.1, -0.05) is 26.0 Å². The zero-order valence-corrected chi connectivity index (χ0v) is 11.9. The van der Waals surface area contributed by atoms with Gasteiger partial charge in [-0.3, -0.25) is 0 Å². The summed E-state index contributed by atoms with van der Waals surface area (Å²) < 4.78 is 0. The molecule has 1 atom stereocenters. The number of aryl methyl sites for hydroxylation is 1. The molecule has 2 rings (SSSR count). The molecule has 2 aromatic rings. The SMILES string of the molecule is CCC(C)c1ccc(NCc2ccnc(C)n2)cc1. The van der Waals surface area contributed by atoms with E-state index in [1.165, 1.54) is 12.0 Å². The number of hydrogen-bond donors (Lipinski definition) is 1. The van der Waals surface area contributed by atoms with E-state index in [4.69, 9.17) is 0 Å². The third kappa shape index (κ3) is 3.78. The van der Waals surface area contributed by atoms with Gasteiger partial charge in [-0.2, -0.15) is 0 Å². The van der Waals surface area contributed by atoms with E-state index in [0.717, 1.165) is 23.8 Å². The Morgan fingerprint density at radius 3 is 2.53 bits per heavy atom. The molecule has 0 aliphatic carbocycles. The zero-order chi connectivity index (χ0) is 13.7. The second-order valence-corrected chi connectivity index (χ2v) is 4.88. The number of nitrogens with one attached hydrogen (secondary N) is 1. The Bertz CT molecular complexity index is 520. The molecular formula is C16H21N3. The lowest BCUT2D eigenvalue weighted by Gasteiger charge is -2.11. The molecule has 1 N–H and O–H groups in total. The third-order valence-corrected chi connectivity index (χ3v) is 3.40. The quantitative estimate of drug-likeness (QED) is 0.880. The lowest BCUT2D eigenvalue weighted by atomic mass is 9.99. The van der Waals surface area contributed by atoms with Gasteiger partial charge in [-0.15, -0.1) is 0 Å². The maximum atomic E-state index is 4.37. The summed E-state index contributed by atoms with van der Waals surface area (Å²) in [4.78, 5) is 8.47. The van der Waals surface area contributed by atoms with Crippen LogP contribution < -0.4 is 5.32 Å². The van der Waals surface area contributed by atoms with E-state index in [2.05, 4.69) is 53.4 Å². The van der Waals surface area contributed by atoms with Gasteiger partial charge >= 0.3 is 0 Å². The topological polar surface area (TPSA) is 37.8 Å². The van der Waals surface area contributed by atoms with Crippen molar-refractivity contribution in [2.24, 2.45) is 0 Å². The predicted molar refractivity (Wildman–Crippen MR) is 79.2 cm³/mol. The standard InChI is InChI=1S/C16H21N3/c1-4-12(2)14-5-7-15(8-6-14)18-11-16-9-10-17-13(3)19-16/h5-10,12,18H,4,11H2,1-3H3. The van der Waals surface area contributed by atoms with Crippen molar-refractivity contribution in [1.29, 1.82) is 0 Å². The highest BCUT2D eigenvalue weighted by Crippen LogP contribution is 2.20. The monoisotopic (exact) mass is 255 g/mol. The van der Waals surface area contributed by atoms with Crippen molar-refractivity contribution in [2.75, 3.05) is 5.32 Å². The van der Waals surface area contributed by atoms with Gasteiger partial charge in [0.05, 0.1) is 12.2 Å². The molecule has 0 amide bonds. The highest BCUT2D eigenvalue weighted by Gasteiger charge is 2.02. The van der Waals surface area contributed by atoms with Crippen molar-refractivity contribution in [3.05, 3.63) is 53.6 Å². The van der Waals surface area contributed by atoms with Crippen LogP contribution in [0.15, 0.2) is 36.5 Å². The minimum atomic E-state index is 0.624. The fourth-order valence-electron chi connectivity index (χ4n) is 1.96. The van der Waals surface area contributed by atoms with E-state index in [1.807, 2.05) is 13.0 Å². The third-order valence-electron chi connectivity index (χ3n) is 3.40. The summed E-state index contributed by atoms with van der Waals surface area (Å²) in [6.45, 7) is 7.11. The highest BCUT2D eigenvalue weighted by molar-refractivity contribution is 5.45. The molecule has 3 heteroatoms. The fourth-order valence-corrected chi connectivity index (χ4v) is 1.96. The van der Waals surface area contributed by atoms with Crippen molar-refractivity contribution >= 4 is 5.69 Å². The summed E-state index contributed by atoms with van der Waals surface area (Å²) in [5, 5.41) is 3.38. The van der Waals surface area contributed by atoms with E-state index in [9.17, 15) is 0 Å². The number of nitrogens with zero attached hydrogens (tertiary/aromatic N) is 2. The first-order valence-corrected chi connectivity index (χ1v) is 6.81. The predicted octanol–water partition coefficient (Wildman–Crippen LogP) is 3.91. The molecule has 1 heterocycles. The normalized spacial score (nSPS) is 12.2. The molecule has 19 heavy (non-hydrogen) atoms. The van der Waals surface area contributed by atoms with Crippen molar-refractivity contribution in [1.82, 2.24) is 9.97 Å². The lowest BCUT2D eigenvalue weighted by molar-refractivity contribution is 0.734. The smallest absolute Gasteiger partial charge is 0.125 e. The minimum absolute atomic E-state index is 0.624. The molecule has 1 aromatic carbocycles. The Balaban J connectivity index is 1.96. The van der Waals surface area contributed by atoms with Crippen LogP contribution in [0.25, 0.3) is 0 Å². The number of anilines is 1. The van der Waals surface area contributed by atoms with Gasteiger partial charge in [0, 0.05) is 11.9 Å². The van der Waals surface area contributed by atoms with Crippen LogP contribution in [0.5, 0.6) is 0 Å². The minimum Gasteiger partial charge on any atom is -0.379 e. The Kier molecular flexibility index (Phi) is 4.50. The van der Waals surface area contributed by atoms with E-state index in [1.54, 1.807) is 6.20 Å². The van der Waals surface area contributed by atoms with E-state index in [0.29, 0.717) is 5.92 Å². The largest absolute Gasteiger partial charge is 0.379 e. The Labute approximate surface area is 115 Å². The van der Waals surface area contributed by atoms with Gasteiger partial charge in [-0.05, 0) is 43.0 Å². The molecule has 0 saturated carbocycles. The molecule has 100 valence electrons. The highest BCUT2D eigenvalue weighted by atomic mass is 14.9. The number of hydrogen-bond acceptors (Lipinski definition) is 3. The molecule has 0 bridgehead atoms. The van der Waals surface area contributed by atoms with Crippen molar-refractivity contribution in [3.8, 4) is 0 Å². The first-order chi connectivity index (χ1) is 9.19. The molecule has 1 unspecified atom stereocenters. The summed E-state index contributed by atoms with van der Waals surface area (Å²) in [6, 6.07) is 10.6. The molecule has 0 aliphatic heterocycles. The average molecular weight is 255 g/mol. The van der Waals surface area contributed by atoms with Crippen LogP contribution >= 0.6 is 0 Å². The summed E-state index contributed by atoms with van der Waals surface area (Å²) in [7, 11) is 0. The van der Waals surface area contributed by atoms with E-state index < -0.39 is 0 Å². The number of rotatable bonds is 5. The van der Waals surface area contributed by atoms with Crippen LogP contribution in [-0.4, -0.2) is 9.97 Å². The molecule has 0 saturated heterocycles. The second-order valence-electron chi connectivity index (χ2n) is 4.88. The molecule has 0 spiro atoms. The summed E-state index contributed by atoms with van der Waals surface area (Å²) in [6.07, 6.45) is 2.97. The second kappa shape index (κ2) is 6.32.